The van der Waals surface area contributed by atoms with Crippen molar-refractivity contribution in [3.8, 4) is 0 Å². The van der Waals surface area contributed by atoms with Crippen molar-refractivity contribution in [2.75, 3.05) is 4.90 Å². The minimum absolute atomic E-state index is 0.170. The molecular weight excluding hydrogens is 366 g/mol. The third-order valence-electron chi connectivity index (χ3n) is 4.08. The van der Waals surface area contributed by atoms with Crippen LogP contribution in [0.4, 0.5) is 5.69 Å². The Kier molecular flexibility index (Phi) is 4.37. The Balaban J connectivity index is 1.74. The summed E-state index contributed by atoms with van der Waals surface area (Å²) in [6, 6.07) is 12.2. The molecule has 0 radical (unpaired) electrons. The molecule has 8 heteroatoms. The Morgan fingerprint density at radius 2 is 1.96 bits per heavy atom. The van der Waals surface area contributed by atoms with Gasteiger partial charge in [-0.25, -0.2) is 9.50 Å². The molecule has 0 atom stereocenters. The van der Waals surface area contributed by atoms with Crippen molar-refractivity contribution in [3.05, 3.63) is 76.7 Å². The SMILES string of the molecule is Cc1cc(C)n2nc(CN(C(=O)c3ccco3)c3ccc(Cl)cc3)nc2n1. The standard InChI is InChI=1S/C19H16ClN5O2/c1-12-10-13(2)25-19(21-12)22-17(23-25)11-24(15-7-5-14(20)6-8-15)18(26)16-4-3-9-27-16/h3-10H,11H2,1-2H3. The number of nitrogens with zero attached hydrogens (tertiary/aromatic N) is 5. The van der Waals surface area contributed by atoms with Gasteiger partial charge in [-0.15, -0.1) is 5.10 Å². The van der Waals surface area contributed by atoms with Gasteiger partial charge in [0, 0.05) is 22.1 Å². The molecule has 27 heavy (non-hydrogen) atoms. The topological polar surface area (TPSA) is 76.5 Å². The highest BCUT2D eigenvalue weighted by Gasteiger charge is 2.22. The molecule has 0 saturated carbocycles. The van der Waals surface area contributed by atoms with Crippen LogP contribution in [0.2, 0.25) is 5.02 Å². The number of hydrogen-bond acceptors (Lipinski definition) is 5. The minimum atomic E-state index is -0.290. The lowest BCUT2D eigenvalue weighted by Gasteiger charge is -2.20. The van der Waals surface area contributed by atoms with Gasteiger partial charge in [0.2, 0.25) is 0 Å². The lowest BCUT2D eigenvalue weighted by atomic mass is 10.2. The fraction of sp³-hybridized carbons (Fsp3) is 0.158. The van der Waals surface area contributed by atoms with Crippen LogP contribution in [-0.4, -0.2) is 25.5 Å². The maximum absolute atomic E-state index is 13.0. The number of benzene rings is 1. The van der Waals surface area contributed by atoms with E-state index >= 15 is 0 Å². The van der Waals surface area contributed by atoms with Crippen LogP contribution in [0.25, 0.3) is 5.78 Å². The van der Waals surface area contributed by atoms with E-state index in [0.717, 1.165) is 11.4 Å². The molecule has 1 aromatic carbocycles. The van der Waals surface area contributed by atoms with E-state index in [1.54, 1.807) is 45.8 Å². The number of aromatic nitrogens is 4. The van der Waals surface area contributed by atoms with E-state index in [0.29, 0.717) is 22.3 Å². The normalized spacial score (nSPS) is 11.1. The summed E-state index contributed by atoms with van der Waals surface area (Å²) in [7, 11) is 0. The van der Waals surface area contributed by atoms with Crippen molar-refractivity contribution >= 4 is 29.0 Å². The molecule has 4 aromatic rings. The average molecular weight is 382 g/mol. The second-order valence-electron chi connectivity index (χ2n) is 6.12. The molecule has 0 aliphatic heterocycles. The van der Waals surface area contributed by atoms with Gasteiger partial charge in [-0.05, 0) is 56.3 Å². The van der Waals surface area contributed by atoms with Gasteiger partial charge >= 0.3 is 0 Å². The number of amides is 1. The Morgan fingerprint density at radius 1 is 1.19 bits per heavy atom. The van der Waals surface area contributed by atoms with Crippen LogP contribution in [0, 0.1) is 13.8 Å². The van der Waals surface area contributed by atoms with Crippen molar-refractivity contribution in [1.82, 2.24) is 19.6 Å². The summed E-state index contributed by atoms with van der Waals surface area (Å²) in [5, 5.41) is 5.08. The molecule has 0 spiro atoms. The summed E-state index contributed by atoms with van der Waals surface area (Å²) in [5.74, 6) is 0.927. The molecule has 1 amide bonds. The van der Waals surface area contributed by atoms with Crippen molar-refractivity contribution < 1.29 is 9.21 Å². The van der Waals surface area contributed by atoms with Gasteiger partial charge in [0.1, 0.15) is 0 Å². The first-order valence-electron chi connectivity index (χ1n) is 8.32. The van der Waals surface area contributed by atoms with Crippen LogP contribution in [0.15, 0.2) is 53.1 Å². The molecule has 0 saturated heterocycles. The zero-order valence-electron chi connectivity index (χ0n) is 14.8. The maximum Gasteiger partial charge on any atom is 0.294 e. The second kappa shape index (κ2) is 6.85. The average Bonchev–Trinajstić information content (AvgIpc) is 3.29. The number of fused-ring (bicyclic) bond motifs is 1. The highest BCUT2D eigenvalue weighted by Crippen LogP contribution is 2.22. The Hall–Kier alpha value is -3.19. The molecule has 0 aliphatic rings. The summed E-state index contributed by atoms with van der Waals surface area (Å²) >= 11 is 5.98. The van der Waals surface area contributed by atoms with Crippen molar-refractivity contribution in [1.29, 1.82) is 0 Å². The molecule has 0 unspecified atom stereocenters. The largest absolute Gasteiger partial charge is 0.459 e. The molecule has 0 N–H and O–H groups in total. The summed E-state index contributed by atoms with van der Waals surface area (Å²) in [4.78, 5) is 23.4. The molecule has 0 aliphatic carbocycles. The van der Waals surface area contributed by atoms with Crippen LogP contribution >= 0.6 is 11.6 Å². The zero-order valence-corrected chi connectivity index (χ0v) is 15.5. The van der Waals surface area contributed by atoms with Gasteiger partial charge in [-0.1, -0.05) is 11.6 Å². The van der Waals surface area contributed by atoms with E-state index < -0.39 is 0 Å². The van der Waals surface area contributed by atoms with Crippen LogP contribution in [0.1, 0.15) is 27.8 Å². The van der Waals surface area contributed by atoms with E-state index in [-0.39, 0.29) is 18.2 Å². The molecule has 4 rings (SSSR count). The molecule has 7 nitrogen and oxygen atoms in total. The van der Waals surface area contributed by atoms with E-state index in [1.165, 1.54) is 6.26 Å². The molecule has 3 heterocycles. The zero-order chi connectivity index (χ0) is 19.0. The first-order chi connectivity index (χ1) is 13.0. The Morgan fingerprint density at radius 3 is 2.67 bits per heavy atom. The van der Waals surface area contributed by atoms with Crippen LogP contribution < -0.4 is 4.90 Å². The number of anilines is 1. The van der Waals surface area contributed by atoms with Crippen molar-refractivity contribution in [2.45, 2.75) is 20.4 Å². The van der Waals surface area contributed by atoms with E-state index in [4.69, 9.17) is 16.0 Å². The third-order valence-corrected chi connectivity index (χ3v) is 4.33. The van der Waals surface area contributed by atoms with Crippen molar-refractivity contribution in [2.24, 2.45) is 0 Å². The lowest BCUT2D eigenvalue weighted by Crippen LogP contribution is -2.30. The van der Waals surface area contributed by atoms with Crippen LogP contribution in [0.3, 0.4) is 0 Å². The molecule has 0 fully saturated rings. The number of halogens is 1. The third kappa shape index (κ3) is 3.41. The molecule has 0 bridgehead atoms. The van der Waals surface area contributed by atoms with Gasteiger partial charge in [-0.3, -0.25) is 9.69 Å². The van der Waals surface area contributed by atoms with Gasteiger partial charge in [0.15, 0.2) is 11.6 Å². The van der Waals surface area contributed by atoms with Gasteiger partial charge in [0.05, 0.1) is 12.8 Å². The number of furan rings is 1. The minimum Gasteiger partial charge on any atom is -0.459 e. The summed E-state index contributed by atoms with van der Waals surface area (Å²) in [6.45, 7) is 4.01. The first-order valence-corrected chi connectivity index (χ1v) is 8.70. The van der Waals surface area contributed by atoms with Gasteiger partial charge in [0.25, 0.3) is 11.7 Å². The summed E-state index contributed by atoms with van der Waals surface area (Å²) in [5.41, 5.74) is 2.45. The Bertz CT molecular complexity index is 1100. The Labute approximate surface area is 160 Å². The van der Waals surface area contributed by atoms with Crippen LogP contribution in [-0.2, 0) is 6.54 Å². The van der Waals surface area contributed by atoms with Gasteiger partial charge in [-0.2, -0.15) is 4.98 Å². The first kappa shape index (κ1) is 17.2. The fourth-order valence-electron chi connectivity index (χ4n) is 2.85. The number of aryl methyl sites for hydroxylation is 2. The molecule has 136 valence electrons. The number of carbonyl (C=O) groups is 1. The highest BCUT2D eigenvalue weighted by atomic mass is 35.5. The quantitative estimate of drug-likeness (QED) is 0.537. The van der Waals surface area contributed by atoms with Crippen molar-refractivity contribution in [3.63, 3.8) is 0 Å². The highest BCUT2D eigenvalue weighted by molar-refractivity contribution is 6.30. The van der Waals surface area contributed by atoms with Gasteiger partial charge < -0.3 is 4.42 Å². The number of hydrogen-bond donors (Lipinski definition) is 0. The predicted molar refractivity (Wildman–Crippen MR) is 101 cm³/mol. The van der Waals surface area contributed by atoms with Crippen LogP contribution in [0.5, 0.6) is 0 Å². The molecular formula is C19H16ClN5O2. The fourth-order valence-corrected chi connectivity index (χ4v) is 2.98. The smallest absolute Gasteiger partial charge is 0.294 e. The van der Waals surface area contributed by atoms with E-state index in [1.807, 2.05) is 19.9 Å². The maximum atomic E-state index is 13.0. The predicted octanol–water partition coefficient (Wildman–Crippen LogP) is 3.83. The molecule has 3 aromatic heterocycles. The van der Waals surface area contributed by atoms with E-state index in [9.17, 15) is 4.79 Å². The number of carbonyl (C=O) groups excluding carboxylic acids is 1. The summed E-state index contributed by atoms with van der Waals surface area (Å²) in [6.07, 6.45) is 1.46. The lowest BCUT2D eigenvalue weighted by molar-refractivity contribution is 0.0957. The summed E-state index contributed by atoms with van der Waals surface area (Å²) < 4.78 is 6.94. The van der Waals surface area contributed by atoms with E-state index in [2.05, 4.69) is 15.1 Å². The number of rotatable bonds is 4. The second-order valence-corrected chi connectivity index (χ2v) is 6.56. The monoisotopic (exact) mass is 381 g/mol.